The third-order valence-electron chi connectivity index (χ3n) is 3.22. The van der Waals surface area contributed by atoms with Gasteiger partial charge in [-0.2, -0.15) is 4.98 Å². The van der Waals surface area contributed by atoms with Gasteiger partial charge >= 0.3 is 0 Å². The summed E-state index contributed by atoms with van der Waals surface area (Å²) in [6.45, 7) is 1.74. The summed E-state index contributed by atoms with van der Waals surface area (Å²) in [6.07, 6.45) is 6.01. The van der Waals surface area contributed by atoms with Crippen LogP contribution in [0.4, 0.5) is 5.82 Å². The average molecular weight is 299 g/mol. The maximum Gasteiger partial charge on any atom is 0.282 e. The normalized spacial score (nSPS) is 16.4. The first-order chi connectivity index (χ1) is 10.5. The number of methoxy groups -OCH3 is 1. The van der Waals surface area contributed by atoms with E-state index in [1.165, 1.54) is 29.9 Å². The second-order valence-corrected chi connectivity index (χ2v) is 4.77. The minimum absolute atomic E-state index is 0.147. The largest absolute Gasteiger partial charge is 0.493 e. The van der Waals surface area contributed by atoms with Gasteiger partial charge in [-0.25, -0.2) is 0 Å². The summed E-state index contributed by atoms with van der Waals surface area (Å²) in [5.74, 6) is 0.691. The van der Waals surface area contributed by atoms with Crippen molar-refractivity contribution in [2.45, 2.75) is 6.92 Å². The number of nitrogens with zero attached hydrogens (tertiary/aromatic N) is 2. The first-order valence-corrected chi connectivity index (χ1v) is 6.48. The van der Waals surface area contributed by atoms with Gasteiger partial charge in [0.1, 0.15) is 5.76 Å². The highest BCUT2D eigenvalue weighted by Gasteiger charge is 2.15. The van der Waals surface area contributed by atoms with E-state index in [0.29, 0.717) is 17.0 Å². The predicted molar refractivity (Wildman–Crippen MR) is 80.1 cm³/mol. The molecular weight excluding hydrogens is 286 g/mol. The Hall–Kier alpha value is -3.09. The molecule has 0 saturated heterocycles. The Morgan fingerprint density at radius 2 is 2.14 bits per heavy atom. The minimum Gasteiger partial charge on any atom is -0.493 e. The van der Waals surface area contributed by atoms with Crippen LogP contribution in [0.1, 0.15) is 11.3 Å². The molecule has 0 unspecified atom stereocenters. The summed E-state index contributed by atoms with van der Waals surface area (Å²) in [4.78, 5) is 27.6. The fourth-order valence-corrected chi connectivity index (χ4v) is 2.17. The maximum absolute atomic E-state index is 12.1. The van der Waals surface area contributed by atoms with Crippen molar-refractivity contribution in [1.29, 1.82) is 0 Å². The summed E-state index contributed by atoms with van der Waals surface area (Å²) >= 11 is 0. The van der Waals surface area contributed by atoms with Crippen LogP contribution in [0.3, 0.4) is 0 Å². The van der Waals surface area contributed by atoms with E-state index in [-0.39, 0.29) is 22.9 Å². The van der Waals surface area contributed by atoms with Crippen molar-refractivity contribution < 1.29 is 14.1 Å². The number of fused-ring (bicyclic) bond motifs is 1. The van der Waals surface area contributed by atoms with Crippen LogP contribution in [-0.4, -0.2) is 22.5 Å². The molecule has 7 heteroatoms. The van der Waals surface area contributed by atoms with Crippen molar-refractivity contribution in [3.05, 3.63) is 57.3 Å². The summed E-state index contributed by atoms with van der Waals surface area (Å²) in [5.41, 5.74) is 6.66. The lowest BCUT2D eigenvalue weighted by Gasteiger charge is -2.08. The Morgan fingerprint density at radius 1 is 1.36 bits per heavy atom. The molecule has 7 nitrogen and oxygen atoms in total. The molecule has 0 amide bonds. The number of rotatable bonds is 2. The fraction of sp³-hybridized carbons (Fsp3) is 0.133. The predicted octanol–water partition coefficient (Wildman–Crippen LogP) is 1.23. The van der Waals surface area contributed by atoms with Gasteiger partial charge < -0.3 is 15.0 Å². The SMILES string of the molecule is COC1=C/C(=C\c2c(N)n3oc(C)cc3nc2=O)C=CC1=O. The third-order valence-corrected chi connectivity index (χ3v) is 3.22. The Labute approximate surface area is 125 Å². The number of nitrogens with two attached hydrogens (primary N) is 1. The van der Waals surface area contributed by atoms with Crippen molar-refractivity contribution in [3.63, 3.8) is 0 Å². The number of nitrogen functional groups attached to an aromatic ring is 1. The van der Waals surface area contributed by atoms with Gasteiger partial charge in [0, 0.05) is 6.07 Å². The molecular formula is C15H13N3O4. The van der Waals surface area contributed by atoms with Gasteiger partial charge in [0.2, 0.25) is 5.78 Å². The van der Waals surface area contributed by atoms with E-state index in [0.717, 1.165) is 0 Å². The van der Waals surface area contributed by atoms with Crippen LogP contribution in [0.25, 0.3) is 11.7 Å². The molecule has 1 aliphatic rings. The molecule has 2 N–H and O–H groups in total. The topological polar surface area (TPSA) is 99.8 Å². The number of anilines is 1. The van der Waals surface area contributed by atoms with E-state index in [1.54, 1.807) is 19.1 Å². The molecule has 1 aliphatic carbocycles. The Balaban J connectivity index is 2.17. The molecule has 0 fully saturated rings. The molecule has 2 heterocycles. The van der Waals surface area contributed by atoms with Crippen LogP contribution >= 0.6 is 0 Å². The number of ether oxygens (including phenoxy) is 1. The molecule has 0 aromatic carbocycles. The molecule has 2 aromatic heterocycles. The van der Waals surface area contributed by atoms with Crippen LogP contribution in [0, 0.1) is 6.92 Å². The van der Waals surface area contributed by atoms with Crippen molar-refractivity contribution in [2.75, 3.05) is 12.8 Å². The van der Waals surface area contributed by atoms with Crippen LogP contribution in [0.5, 0.6) is 0 Å². The number of hydrogen-bond acceptors (Lipinski definition) is 6. The first kappa shape index (κ1) is 13.9. The van der Waals surface area contributed by atoms with Crippen molar-refractivity contribution in [3.8, 4) is 0 Å². The first-order valence-electron chi connectivity index (χ1n) is 6.48. The zero-order valence-corrected chi connectivity index (χ0v) is 12.0. The molecule has 0 radical (unpaired) electrons. The number of carbonyl (C=O) groups excluding carboxylic acids is 1. The van der Waals surface area contributed by atoms with E-state index in [2.05, 4.69) is 4.98 Å². The highest BCUT2D eigenvalue weighted by atomic mass is 16.5. The fourth-order valence-electron chi connectivity index (χ4n) is 2.17. The number of aromatic nitrogens is 2. The lowest BCUT2D eigenvalue weighted by atomic mass is 10.0. The molecule has 0 atom stereocenters. The summed E-state index contributed by atoms with van der Waals surface area (Å²) in [5, 5.41) is 0. The number of ketones is 1. The van der Waals surface area contributed by atoms with Gasteiger partial charge in [-0.15, -0.1) is 4.57 Å². The average Bonchev–Trinajstić information content (AvgIpc) is 2.85. The number of aryl methyl sites for hydroxylation is 1. The Morgan fingerprint density at radius 3 is 2.86 bits per heavy atom. The number of hydrogen-bond donors (Lipinski definition) is 1. The summed E-state index contributed by atoms with van der Waals surface area (Å²) in [7, 11) is 1.41. The smallest absolute Gasteiger partial charge is 0.282 e. The molecule has 2 aromatic rings. The molecule has 0 bridgehead atoms. The lowest BCUT2D eigenvalue weighted by molar-refractivity contribution is -0.114. The highest BCUT2D eigenvalue weighted by molar-refractivity contribution is 6.05. The number of carbonyl (C=O) groups is 1. The van der Waals surface area contributed by atoms with Gasteiger partial charge in [-0.3, -0.25) is 9.59 Å². The monoisotopic (exact) mass is 299 g/mol. The van der Waals surface area contributed by atoms with Crippen molar-refractivity contribution >= 4 is 23.3 Å². The van der Waals surface area contributed by atoms with Crippen LogP contribution in [0.15, 0.2) is 44.9 Å². The van der Waals surface area contributed by atoms with Gasteiger partial charge in [0.05, 0.1) is 12.7 Å². The molecule has 0 saturated carbocycles. The van der Waals surface area contributed by atoms with E-state index < -0.39 is 5.56 Å². The third kappa shape index (κ3) is 2.22. The zero-order valence-electron chi connectivity index (χ0n) is 12.0. The quantitative estimate of drug-likeness (QED) is 0.895. The standard InChI is InChI=1S/C15H13N3O4/c1-8-5-13-17-15(20)10(14(16)18(13)22-8)6-9-3-4-11(19)12(7-9)21-2/h3-7H,16H2,1-2H3/b9-6-. The van der Waals surface area contributed by atoms with Gasteiger partial charge in [0.15, 0.2) is 17.2 Å². The molecule has 112 valence electrons. The summed E-state index contributed by atoms with van der Waals surface area (Å²) < 4.78 is 11.7. The molecule has 3 rings (SSSR count). The number of allylic oxidation sites excluding steroid dienone is 4. The minimum atomic E-state index is -0.469. The van der Waals surface area contributed by atoms with E-state index in [9.17, 15) is 9.59 Å². The maximum atomic E-state index is 12.1. The van der Waals surface area contributed by atoms with Gasteiger partial charge in [-0.1, -0.05) is 6.08 Å². The van der Waals surface area contributed by atoms with Crippen LogP contribution in [-0.2, 0) is 9.53 Å². The Kier molecular flexibility index (Phi) is 3.17. The van der Waals surface area contributed by atoms with E-state index in [1.807, 2.05) is 0 Å². The lowest BCUT2D eigenvalue weighted by Crippen LogP contribution is -2.16. The van der Waals surface area contributed by atoms with E-state index in [4.69, 9.17) is 15.0 Å². The van der Waals surface area contributed by atoms with Crippen LogP contribution < -0.4 is 11.3 Å². The zero-order chi connectivity index (χ0) is 15.9. The van der Waals surface area contributed by atoms with E-state index >= 15 is 0 Å². The van der Waals surface area contributed by atoms with Crippen molar-refractivity contribution in [2.24, 2.45) is 0 Å². The van der Waals surface area contributed by atoms with Gasteiger partial charge in [-0.05, 0) is 30.7 Å². The van der Waals surface area contributed by atoms with Crippen molar-refractivity contribution in [1.82, 2.24) is 9.56 Å². The molecule has 22 heavy (non-hydrogen) atoms. The second kappa shape index (κ2) is 5.03. The molecule has 0 spiro atoms. The summed E-state index contributed by atoms with van der Waals surface area (Å²) in [6, 6.07) is 1.62. The second-order valence-electron chi connectivity index (χ2n) is 4.77. The van der Waals surface area contributed by atoms with Gasteiger partial charge in [0.25, 0.3) is 5.56 Å². The van der Waals surface area contributed by atoms with Crippen LogP contribution in [0.2, 0.25) is 0 Å². The Bertz CT molecular complexity index is 928. The molecule has 0 aliphatic heterocycles. The highest BCUT2D eigenvalue weighted by Crippen LogP contribution is 2.19.